The van der Waals surface area contributed by atoms with Gasteiger partial charge in [0.05, 0.1) is 0 Å². The van der Waals surface area contributed by atoms with E-state index in [-0.39, 0.29) is 0 Å². The van der Waals surface area contributed by atoms with Gasteiger partial charge in [0.15, 0.2) is 0 Å². The van der Waals surface area contributed by atoms with Crippen LogP contribution in [0.2, 0.25) is 0 Å². The van der Waals surface area contributed by atoms with E-state index < -0.39 is 0 Å². The summed E-state index contributed by atoms with van der Waals surface area (Å²) in [6.45, 7) is 0. The Kier molecular flexibility index (Phi) is 5.98. The zero-order valence-electron chi connectivity index (χ0n) is 26.3. The van der Waals surface area contributed by atoms with E-state index in [9.17, 15) is 0 Å². The van der Waals surface area contributed by atoms with Crippen LogP contribution in [0.3, 0.4) is 0 Å². The third kappa shape index (κ3) is 4.24. The lowest BCUT2D eigenvalue weighted by molar-refractivity contribution is 1.59. The number of fused-ring (bicyclic) bond motifs is 5. The molecule has 0 radical (unpaired) electrons. The normalized spacial score (nSPS) is 11.8. The lowest BCUT2D eigenvalue weighted by Crippen LogP contribution is -1.85. The fourth-order valence-electron chi connectivity index (χ4n) is 7.83. The summed E-state index contributed by atoms with van der Waals surface area (Å²) in [7, 11) is 0. The van der Waals surface area contributed by atoms with E-state index >= 15 is 0 Å². The molecule has 0 fully saturated rings. The highest BCUT2D eigenvalue weighted by Gasteiger charge is 2.22. The molecule has 9 aromatic rings. The summed E-state index contributed by atoms with van der Waals surface area (Å²) in [6, 6.07) is 66.9. The first-order valence-electron chi connectivity index (χ1n) is 16.7. The molecule has 1 aliphatic rings. The third-order valence-electron chi connectivity index (χ3n) is 10.2. The van der Waals surface area contributed by atoms with E-state index in [1.807, 2.05) is 0 Å². The lowest BCUT2D eigenvalue weighted by atomic mass is 9.93. The van der Waals surface area contributed by atoms with Gasteiger partial charge in [-0.15, -0.1) is 0 Å². The largest absolute Gasteiger partial charge is 0.0616 e. The molecule has 0 amide bonds. The summed E-state index contributed by atoms with van der Waals surface area (Å²) < 4.78 is 0. The standard InChI is InChI=1S/C48H30/c1-2-9-40-34(7-1)8-5-12-41(40)39-26-25-37-29-36(23-24-38(37)30-39)33-17-15-31(16-18-33)32-19-21-35(22-20-32)42-27-28-47-44-11-4-3-10-43(44)46-14-6-13-45(42)48(46)47/h1-30H. The van der Waals surface area contributed by atoms with E-state index in [0.717, 1.165) is 0 Å². The van der Waals surface area contributed by atoms with Gasteiger partial charge in [0, 0.05) is 0 Å². The minimum absolute atomic E-state index is 1.22. The van der Waals surface area contributed by atoms with Crippen molar-refractivity contribution in [2.45, 2.75) is 0 Å². The first-order chi connectivity index (χ1) is 23.8. The Bertz CT molecular complexity index is 2660. The SMILES string of the molecule is c1ccc2c(c1)-c1cccc3c(-c4ccc(-c5ccc(-c6ccc7cc(-c8cccc9ccccc89)ccc7c6)cc5)cc4)ccc-2c13. The second-order valence-corrected chi connectivity index (χ2v) is 12.9. The van der Waals surface area contributed by atoms with Crippen molar-refractivity contribution in [3.8, 4) is 66.8 Å². The third-order valence-corrected chi connectivity index (χ3v) is 10.2. The number of rotatable bonds is 4. The zero-order valence-corrected chi connectivity index (χ0v) is 26.3. The maximum Gasteiger partial charge on any atom is -0.00201 e. The first kappa shape index (κ1) is 26.9. The first-order valence-corrected chi connectivity index (χ1v) is 16.7. The Morgan fingerprint density at radius 3 is 1.40 bits per heavy atom. The average molecular weight is 607 g/mol. The van der Waals surface area contributed by atoms with E-state index in [2.05, 4.69) is 182 Å². The predicted octanol–water partition coefficient (Wildman–Crippen LogP) is 13.5. The van der Waals surface area contributed by atoms with Gasteiger partial charge in [-0.1, -0.05) is 170 Å². The smallest absolute Gasteiger partial charge is 0.00201 e. The molecule has 0 saturated carbocycles. The van der Waals surface area contributed by atoms with E-state index in [1.165, 1.54) is 99.1 Å². The van der Waals surface area contributed by atoms with Gasteiger partial charge in [0.25, 0.3) is 0 Å². The van der Waals surface area contributed by atoms with Crippen LogP contribution in [0.25, 0.3) is 99.1 Å². The van der Waals surface area contributed by atoms with E-state index in [0.29, 0.717) is 0 Å². The summed E-state index contributed by atoms with van der Waals surface area (Å²) in [5.74, 6) is 0. The molecule has 0 spiro atoms. The van der Waals surface area contributed by atoms with Crippen molar-refractivity contribution in [2.24, 2.45) is 0 Å². The molecule has 0 aromatic heterocycles. The van der Waals surface area contributed by atoms with Crippen LogP contribution in [0.15, 0.2) is 182 Å². The molecule has 0 saturated heterocycles. The quantitative estimate of drug-likeness (QED) is 0.187. The predicted molar refractivity (Wildman–Crippen MR) is 205 cm³/mol. The minimum atomic E-state index is 1.22. The monoisotopic (exact) mass is 606 g/mol. The summed E-state index contributed by atoms with van der Waals surface area (Å²) in [5.41, 5.74) is 15.3. The molecular formula is C48H30. The van der Waals surface area contributed by atoms with Crippen LogP contribution in [0.4, 0.5) is 0 Å². The van der Waals surface area contributed by atoms with Gasteiger partial charge in [-0.05, 0) is 111 Å². The van der Waals surface area contributed by atoms with Gasteiger partial charge >= 0.3 is 0 Å². The fourth-order valence-corrected chi connectivity index (χ4v) is 7.83. The molecule has 0 heteroatoms. The Morgan fingerprint density at radius 2 is 0.646 bits per heavy atom. The molecule has 10 rings (SSSR count). The van der Waals surface area contributed by atoms with Crippen LogP contribution < -0.4 is 0 Å². The minimum Gasteiger partial charge on any atom is -0.0616 e. The summed E-state index contributed by atoms with van der Waals surface area (Å²) in [5, 5.41) is 7.76. The van der Waals surface area contributed by atoms with Crippen LogP contribution in [0, 0.1) is 0 Å². The zero-order chi connectivity index (χ0) is 31.6. The van der Waals surface area contributed by atoms with Crippen molar-refractivity contribution in [3.63, 3.8) is 0 Å². The summed E-state index contributed by atoms with van der Waals surface area (Å²) >= 11 is 0. The van der Waals surface area contributed by atoms with E-state index in [1.54, 1.807) is 0 Å². The highest BCUT2D eigenvalue weighted by atomic mass is 14.2. The maximum absolute atomic E-state index is 2.32. The summed E-state index contributed by atoms with van der Waals surface area (Å²) in [4.78, 5) is 0. The molecule has 0 N–H and O–H groups in total. The topological polar surface area (TPSA) is 0 Å². The molecule has 0 atom stereocenters. The second kappa shape index (κ2) is 10.7. The van der Waals surface area contributed by atoms with Gasteiger partial charge < -0.3 is 0 Å². The second-order valence-electron chi connectivity index (χ2n) is 12.9. The van der Waals surface area contributed by atoms with Gasteiger partial charge in [-0.25, -0.2) is 0 Å². The van der Waals surface area contributed by atoms with Crippen molar-refractivity contribution in [3.05, 3.63) is 182 Å². The molecule has 1 aliphatic carbocycles. The van der Waals surface area contributed by atoms with Crippen molar-refractivity contribution < 1.29 is 0 Å². The lowest BCUT2D eigenvalue weighted by Gasteiger charge is -2.11. The fraction of sp³-hybridized carbons (Fsp3) is 0. The van der Waals surface area contributed by atoms with E-state index in [4.69, 9.17) is 0 Å². The average Bonchev–Trinajstić information content (AvgIpc) is 3.49. The van der Waals surface area contributed by atoms with Crippen molar-refractivity contribution in [1.29, 1.82) is 0 Å². The highest BCUT2D eigenvalue weighted by Crippen LogP contribution is 2.49. The molecule has 0 bridgehead atoms. The molecule has 9 aromatic carbocycles. The van der Waals surface area contributed by atoms with Crippen LogP contribution in [-0.4, -0.2) is 0 Å². The van der Waals surface area contributed by atoms with Crippen LogP contribution >= 0.6 is 0 Å². The van der Waals surface area contributed by atoms with Gasteiger partial charge in [-0.2, -0.15) is 0 Å². The molecule has 0 aliphatic heterocycles. The molecule has 0 heterocycles. The van der Waals surface area contributed by atoms with Gasteiger partial charge in [0.1, 0.15) is 0 Å². The molecule has 0 unspecified atom stereocenters. The van der Waals surface area contributed by atoms with Crippen molar-refractivity contribution >= 4 is 32.3 Å². The number of hydrogen-bond acceptors (Lipinski definition) is 0. The van der Waals surface area contributed by atoms with Crippen LogP contribution in [-0.2, 0) is 0 Å². The molecule has 222 valence electrons. The highest BCUT2D eigenvalue weighted by molar-refractivity contribution is 6.18. The van der Waals surface area contributed by atoms with Crippen molar-refractivity contribution in [2.75, 3.05) is 0 Å². The Morgan fingerprint density at radius 1 is 0.208 bits per heavy atom. The Hall–Kier alpha value is -6.24. The van der Waals surface area contributed by atoms with Crippen LogP contribution in [0.5, 0.6) is 0 Å². The summed E-state index contributed by atoms with van der Waals surface area (Å²) in [6.07, 6.45) is 0. The number of hydrogen-bond donors (Lipinski definition) is 0. The van der Waals surface area contributed by atoms with Gasteiger partial charge in [0.2, 0.25) is 0 Å². The molecular weight excluding hydrogens is 577 g/mol. The van der Waals surface area contributed by atoms with Gasteiger partial charge in [-0.3, -0.25) is 0 Å². The molecule has 0 nitrogen and oxygen atoms in total. The number of benzene rings is 9. The maximum atomic E-state index is 2.32. The Labute approximate surface area is 280 Å². The Balaban J connectivity index is 0.929. The van der Waals surface area contributed by atoms with Crippen molar-refractivity contribution in [1.82, 2.24) is 0 Å². The molecule has 48 heavy (non-hydrogen) atoms. The van der Waals surface area contributed by atoms with Crippen LogP contribution in [0.1, 0.15) is 0 Å².